The quantitative estimate of drug-likeness (QED) is 0.377. The molecule has 1 rings (SSSR count). The van der Waals surface area contributed by atoms with Crippen LogP contribution >= 0.6 is 0 Å². The molecule has 4 heteroatoms. The predicted octanol–water partition coefficient (Wildman–Crippen LogP) is 0.867. The third-order valence-electron chi connectivity index (χ3n) is 1.98. The van der Waals surface area contributed by atoms with Gasteiger partial charge in [0.05, 0.1) is 0 Å². The summed E-state index contributed by atoms with van der Waals surface area (Å²) in [5, 5.41) is 3.09. The van der Waals surface area contributed by atoms with Crippen LogP contribution in [0, 0.1) is 0 Å². The summed E-state index contributed by atoms with van der Waals surface area (Å²) >= 11 is 0. The lowest BCUT2D eigenvalue weighted by Gasteiger charge is -2.15. The Morgan fingerprint density at radius 2 is 2.07 bits per heavy atom. The van der Waals surface area contributed by atoms with E-state index < -0.39 is 0 Å². The van der Waals surface area contributed by atoms with Crippen molar-refractivity contribution in [3.63, 3.8) is 0 Å². The first-order chi connectivity index (χ1) is 6.77. The van der Waals surface area contributed by atoms with Gasteiger partial charge in [0.1, 0.15) is 6.04 Å². The lowest BCUT2D eigenvalue weighted by atomic mass is 10.2. The molecule has 14 heavy (non-hydrogen) atoms. The smallest absolute Gasteiger partial charge is 0.256 e. The number of hydrazine groups is 1. The number of rotatable bonds is 4. The topological polar surface area (TPSA) is 67.2 Å². The molecule has 0 bridgehead atoms. The van der Waals surface area contributed by atoms with Crippen molar-refractivity contribution in [2.45, 2.75) is 19.4 Å². The third kappa shape index (κ3) is 2.74. The lowest BCUT2D eigenvalue weighted by Crippen LogP contribution is -2.42. The normalized spacial score (nSPS) is 11.9. The third-order valence-corrected chi connectivity index (χ3v) is 1.98. The summed E-state index contributed by atoms with van der Waals surface area (Å²) in [5.41, 5.74) is 3.05. The van der Waals surface area contributed by atoms with E-state index in [9.17, 15) is 4.79 Å². The van der Waals surface area contributed by atoms with Crippen molar-refractivity contribution < 1.29 is 4.79 Å². The second-order valence-corrected chi connectivity index (χ2v) is 2.98. The second kappa shape index (κ2) is 5.24. The highest BCUT2D eigenvalue weighted by atomic mass is 16.2. The molecule has 1 aromatic carbocycles. The Morgan fingerprint density at radius 1 is 1.43 bits per heavy atom. The van der Waals surface area contributed by atoms with Crippen LogP contribution in [0.1, 0.15) is 13.3 Å². The van der Waals surface area contributed by atoms with Crippen LogP contribution in [0.3, 0.4) is 0 Å². The number of amides is 1. The van der Waals surface area contributed by atoms with Crippen LogP contribution in [0.4, 0.5) is 5.69 Å². The molecule has 0 unspecified atom stereocenters. The Bertz CT molecular complexity index is 287. The van der Waals surface area contributed by atoms with Gasteiger partial charge >= 0.3 is 0 Å². The first-order valence-electron chi connectivity index (χ1n) is 4.60. The molecule has 0 aliphatic rings. The Hall–Kier alpha value is -1.55. The molecule has 0 aliphatic carbocycles. The fraction of sp³-hybridized carbons (Fsp3) is 0.300. The minimum atomic E-state index is -0.276. The van der Waals surface area contributed by atoms with E-state index in [-0.39, 0.29) is 11.9 Å². The van der Waals surface area contributed by atoms with Crippen LogP contribution in [-0.2, 0) is 4.79 Å². The molecule has 0 spiro atoms. The number of anilines is 1. The number of hydrogen-bond donors (Lipinski definition) is 3. The van der Waals surface area contributed by atoms with Gasteiger partial charge in [-0.15, -0.1) is 0 Å². The van der Waals surface area contributed by atoms with Crippen LogP contribution in [0.5, 0.6) is 0 Å². The molecule has 4 N–H and O–H groups in total. The SMILES string of the molecule is CC[C@@H](Nc1ccccc1)C(=O)NN. The second-order valence-electron chi connectivity index (χ2n) is 2.98. The summed E-state index contributed by atoms with van der Waals surface area (Å²) in [6, 6.07) is 9.29. The minimum Gasteiger partial charge on any atom is -0.374 e. The molecular weight excluding hydrogens is 178 g/mol. The summed E-state index contributed by atoms with van der Waals surface area (Å²) in [6.45, 7) is 1.93. The van der Waals surface area contributed by atoms with E-state index in [2.05, 4.69) is 10.7 Å². The van der Waals surface area contributed by atoms with Crippen molar-refractivity contribution in [1.82, 2.24) is 5.43 Å². The highest BCUT2D eigenvalue weighted by Gasteiger charge is 2.13. The molecule has 4 nitrogen and oxygen atoms in total. The maximum absolute atomic E-state index is 11.2. The Morgan fingerprint density at radius 3 is 2.57 bits per heavy atom. The molecule has 0 fully saturated rings. The molecule has 1 aromatic rings. The van der Waals surface area contributed by atoms with Gasteiger partial charge in [-0.2, -0.15) is 0 Å². The zero-order valence-corrected chi connectivity index (χ0v) is 8.16. The average Bonchev–Trinajstić information content (AvgIpc) is 2.26. The van der Waals surface area contributed by atoms with Crippen LogP contribution in [0.2, 0.25) is 0 Å². The summed E-state index contributed by atoms with van der Waals surface area (Å²) in [7, 11) is 0. The molecule has 0 heterocycles. The predicted molar refractivity (Wildman–Crippen MR) is 56.5 cm³/mol. The van der Waals surface area contributed by atoms with Crippen molar-refractivity contribution >= 4 is 11.6 Å². The Balaban J connectivity index is 2.62. The summed E-state index contributed by atoms with van der Waals surface area (Å²) < 4.78 is 0. The zero-order chi connectivity index (χ0) is 10.4. The van der Waals surface area contributed by atoms with Crippen molar-refractivity contribution in [3.8, 4) is 0 Å². The van der Waals surface area contributed by atoms with E-state index in [1.807, 2.05) is 37.3 Å². The largest absolute Gasteiger partial charge is 0.374 e. The zero-order valence-electron chi connectivity index (χ0n) is 8.16. The number of para-hydroxylation sites is 1. The number of carbonyl (C=O) groups is 1. The maximum atomic E-state index is 11.2. The first-order valence-corrected chi connectivity index (χ1v) is 4.60. The fourth-order valence-corrected chi connectivity index (χ4v) is 1.19. The van der Waals surface area contributed by atoms with Gasteiger partial charge in [-0.3, -0.25) is 10.2 Å². The average molecular weight is 193 g/mol. The minimum absolute atomic E-state index is 0.198. The summed E-state index contributed by atoms with van der Waals surface area (Å²) in [5.74, 6) is 4.86. The van der Waals surface area contributed by atoms with E-state index in [1.165, 1.54) is 0 Å². The number of nitrogens with one attached hydrogen (secondary N) is 2. The van der Waals surface area contributed by atoms with Gasteiger partial charge in [0.25, 0.3) is 5.91 Å². The molecule has 0 aromatic heterocycles. The van der Waals surface area contributed by atoms with E-state index in [1.54, 1.807) is 0 Å². The molecule has 0 radical (unpaired) electrons. The monoisotopic (exact) mass is 193 g/mol. The molecular formula is C10H15N3O. The van der Waals surface area contributed by atoms with Crippen molar-refractivity contribution in [3.05, 3.63) is 30.3 Å². The van der Waals surface area contributed by atoms with Crippen LogP contribution in [-0.4, -0.2) is 11.9 Å². The van der Waals surface area contributed by atoms with Crippen molar-refractivity contribution in [2.75, 3.05) is 5.32 Å². The Kier molecular flexibility index (Phi) is 3.94. The van der Waals surface area contributed by atoms with Crippen LogP contribution in [0.25, 0.3) is 0 Å². The van der Waals surface area contributed by atoms with E-state index in [0.29, 0.717) is 6.42 Å². The van der Waals surface area contributed by atoms with Crippen molar-refractivity contribution in [2.24, 2.45) is 5.84 Å². The molecule has 0 saturated carbocycles. The molecule has 0 aliphatic heterocycles. The highest BCUT2D eigenvalue weighted by Crippen LogP contribution is 2.08. The molecule has 76 valence electrons. The highest BCUT2D eigenvalue weighted by molar-refractivity contribution is 5.83. The van der Waals surface area contributed by atoms with Crippen LogP contribution < -0.4 is 16.6 Å². The fourth-order valence-electron chi connectivity index (χ4n) is 1.19. The summed E-state index contributed by atoms with van der Waals surface area (Å²) in [6.07, 6.45) is 0.692. The number of hydrogen-bond acceptors (Lipinski definition) is 3. The molecule has 1 amide bonds. The number of nitrogens with two attached hydrogens (primary N) is 1. The van der Waals surface area contributed by atoms with Crippen LogP contribution in [0.15, 0.2) is 30.3 Å². The van der Waals surface area contributed by atoms with Gasteiger partial charge in [0, 0.05) is 5.69 Å². The number of benzene rings is 1. The molecule has 1 atom stereocenters. The van der Waals surface area contributed by atoms with Crippen molar-refractivity contribution in [1.29, 1.82) is 0 Å². The van der Waals surface area contributed by atoms with Gasteiger partial charge in [-0.05, 0) is 18.6 Å². The number of carbonyl (C=O) groups excluding carboxylic acids is 1. The summed E-state index contributed by atoms with van der Waals surface area (Å²) in [4.78, 5) is 11.2. The first kappa shape index (κ1) is 10.5. The van der Waals surface area contributed by atoms with E-state index in [0.717, 1.165) is 5.69 Å². The lowest BCUT2D eigenvalue weighted by molar-refractivity contribution is -0.121. The van der Waals surface area contributed by atoms with Gasteiger partial charge in [0.15, 0.2) is 0 Å². The van der Waals surface area contributed by atoms with Gasteiger partial charge < -0.3 is 5.32 Å². The van der Waals surface area contributed by atoms with Gasteiger partial charge in [-0.25, -0.2) is 5.84 Å². The molecule has 0 saturated heterocycles. The van der Waals surface area contributed by atoms with E-state index in [4.69, 9.17) is 5.84 Å². The maximum Gasteiger partial charge on any atom is 0.256 e. The van der Waals surface area contributed by atoms with E-state index >= 15 is 0 Å². The Labute approximate surface area is 83.5 Å². The van der Waals surface area contributed by atoms with Gasteiger partial charge in [-0.1, -0.05) is 25.1 Å². The standard InChI is InChI=1S/C10H15N3O/c1-2-9(10(14)13-11)12-8-6-4-3-5-7-8/h3-7,9,12H,2,11H2,1H3,(H,13,14)/t9-/m1/s1. The van der Waals surface area contributed by atoms with Gasteiger partial charge in [0.2, 0.25) is 0 Å².